The minimum atomic E-state index is 0.0832. The lowest BCUT2D eigenvalue weighted by molar-refractivity contribution is 0.550. The summed E-state index contributed by atoms with van der Waals surface area (Å²) in [5.41, 5.74) is 4.13. The molecule has 0 radical (unpaired) electrons. The molecular weight excluding hydrogens is 444 g/mol. The Morgan fingerprint density at radius 3 is 2.15 bits per heavy atom. The van der Waals surface area contributed by atoms with Gasteiger partial charge in [0.15, 0.2) is 0 Å². The van der Waals surface area contributed by atoms with Crippen molar-refractivity contribution in [2.75, 3.05) is 10.7 Å². The van der Waals surface area contributed by atoms with Crippen molar-refractivity contribution < 1.29 is 0 Å². The Hall–Kier alpha value is -0.120. The van der Waals surface area contributed by atoms with E-state index in [2.05, 4.69) is 103 Å². The number of alkyl halides is 2. The average Bonchev–Trinajstić information content (AvgIpc) is 2.47. The number of hydrogen-bond donors (Lipinski definition) is 0. The van der Waals surface area contributed by atoms with E-state index in [1.165, 1.54) is 16.7 Å². The van der Waals surface area contributed by atoms with E-state index < -0.39 is 0 Å². The molecule has 2 rings (SSSR count). The summed E-state index contributed by atoms with van der Waals surface area (Å²) < 4.78 is 1.13. The maximum atomic E-state index is 3.73. The van der Waals surface area contributed by atoms with Crippen LogP contribution in [-0.2, 0) is 11.8 Å². The highest BCUT2D eigenvalue weighted by molar-refractivity contribution is 9.10. The second-order valence-electron chi connectivity index (χ2n) is 5.22. The summed E-state index contributed by atoms with van der Waals surface area (Å²) in [6.45, 7) is 2.15. The van der Waals surface area contributed by atoms with Gasteiger partial charge in [0, 0.05) is 20.5 Å². The summed E-state index contributed by atoms with van der Waals surface area (Å²) in [5.74, 6) is 0. The van der Waals surface area contributed by atoms with Crippen molar-refractivity contribution in [2.24, 2.45) is 0 Å². The molecule has 0 aliphatic carbocycles. The fourth-order valence-electron chi connectivity index (χ4n) is 2.35. The van der Waals surface area contributed by atoms with Gasteiger partial charge in [0.1, 0.15) is 0 Å². The van der Waals surface area contributed by atoms with Gasteiger partial charge in [-0.1, -0.05) is 89.8 Å². The first-order valence-corrected chi connectivity index (χ1v) is 9.57. The van der Waals surface area contributed by atoms with Crippen molar-refractivity contribution in [1.82, 2.24) is 0 Å². The molecular formula is C17H17Br3. The van der Waals surface area contributed by atoms with E-state index in [9.17, 15) is 0 Å². The fourth-order valence-corrected chi connectivity index (χ4v) is 4.59. The smallest absolute Gasteiger partial charge is 0.0187 e. The van der Waals surface area contributed by atoms with Crippen LogP contribution in [0.25, 0.3) is 0 Å². The van der Waals surface area contributed by atoms with E-state index in [0.717, 1.165) is 21.6 Å². The number of benzene rings is 2. The maximum Gasteiger partial charge on any atom is 0.0187 e. The van der Waals surface area contributed by atoms with Crippen LogP contribution in [0, 0.1) is 6.92 Å². The zero-order chi connectivity index (χ0) is 14.6. The molecule has 0 saturated heterocycles. The van der Waals surface area contributed by atoms with Crippen LogP contribution in [0.1, 0.15) is 16.7 Å². The van der Waals surface area contributed by atoms with Crippen LogP contribution in [0.5, 0.6) is 0 Å². The first kappa shape index (κ1) is 16.3. The van der Waals surface area contributed by atoms with E-state index >= 15 is 0 Å². The van der Waals surface area contributed by atoms with Gasteiger partial charge >= 0.3 is 0 Å². The molecule has 106 valence electrons. The first-order chi connectivity index (χ1) is 9.59. The van der Waals surface area contributed by atoms with Crippen LogP contribution < -0.4 is 0 Å². The lowest BCUT2D eigenvalue weighted by Crippen LogP contribution is -2.33. The Balaban J connectivity index is 2.36. The molecule has 0 N–H and O–H groups in total. The summed E-state index contributed by atoms with van der Waals surface area (Å²) in [6.07, 6.45) is 1.01. The molecule has 0 atom stereocenters. The number of rotatable bonds is 5. The third-order valence-electron chi connectivity index (χ3n) is 3.60. The van der Waals surface area contributed by atoms with Gasteiger partial charge in [-0.3, -0.25) is 0 Å². The average molecular weight is 461 g/mol. The molecule has 0 heterocycles. The van der Waals surface area contributed by atoms with Crippen LogP contribution in [0.3, 0.4) is 0 Å². The maximum absolute atomic E-state index is 3.73. The quantitative estimate of drug-likeness (QED) is 0.478. The van der Waals surface area contributed by atoms with Gasteiger partial charge in [0.25, 0.3) is 0 Å². The summed E-state index contributed by atoms with van der Waals surface area (Å²) in [5, 5.41) is 1.87. The van der Waals surface area contributed by atoms with E-state index in [1.54, 1.807) is 0 Å². The van der Waals surface area contributed by atoms with Crippen molar-refractivity contribution in [1.29, 1.82) is 0 Å². The highest BCUT2D eigenvalue weighted by atomic mass is 79.9. The molecule has 2 aromatic rings. The molecule has 0 fully saturated rings. The Labute approximate surface area is 146 Å². The van der Waals surface area contributed by atoms with Crippen LogP contribution in [0.2, 0.25) is 0 Å². The van der Waals surface area contributed by atoms with E-state index in [0.29, 0.717) is 0 Å². The number of aryl methyl sites for hydroxylation is 1. The van der Waals surface area contributed by atoms with Gasteiger partial charge in [0.2, 0.25) is 0 Å². The van der Waals surface area contributed by atoms with Gasteiger partial charge in [-0.05, 0) is 36.6 Å². The second-order valence-corrected chi connectivity index (χ2v) is 7.26. The largest absolute Gasteiger partial charge is 0.0918 e. The predicted octanol–water partition coefficient (Wildman–Crippen LogP) is 6.03. The number of halogens is 3. The molecule has 20 heavy (non-hydrogen) atoms. The van der Waals surface area contributed by atoms with Gasteiger partial charge in [-0.25, -0.2) is 0 Å². The summed E-state index contributed by atoms with van der Waals surface area (Å²) in [6, 6.07) is 17.4. The van der Waals surface area contributed by atoms with Gasteiger partial charge in [0.05, 0.1) is 0 Å². The fraction of sp³-hybridized carbons (Fsp3) is 0.294. The molecule has 3 heteroatoms. The molecule has 0 spiro atoms. The van der Waals surface area contributed by atoms with Crippen molar-refractivity contribution in [3.8, 4) is 0 Å². The van der Waals surface area contributed by atoms with Crippen molar-refractivity contribution >= 4 is 47.8 Å². The monoisotopic (exact) mass is 458 g/mol. The normalized spacial score (nSPS) is 11.6. The minimum Gasteiger partial charge on any atom is -0.0918 e. The molecule has 0 aliphatic rings. The van der Waals surface area contributed by atoms with E-state index in [4.69, 9.17) is 0 Å². The molecule has 2 aromatic carbocycles. The SMILES string of the molecule is Cc1cccc(C(CBr)(CBr)Cc2ccc(Br)cc2)c1. The summed E-state index contributed by atoms with van der Waals surface area (Å²) >= 11 is 10.9. The van der Waals surface area contributed by atoms with Crippen LogP contribution in [-0.4, -0.2) is 10.7 Å². The van der Waals surface area contributed by atoms with Crippen LogP contribution in [0.4, 0.5) is 0 Å². The molecule has 0 aliphatic heterocycles. The highest BCUT2D eigenvalue weighted by Gasteiger charge is 2.30. The molecule has 0 bridgehead atoms. The molecule has 0 saturated carbocycles. The van der Waals surface area contributed by atoms with Crippen molar-refractivity contribution in [2.45, 2.75) is 18.8 Å². The topological polar surface area (TPSA) is 0 Å². The Morgan fingerprint density at radius 2 is 1.60 bits per heavy atom. The second kappa shape index (κ2) is 7.24. The van der Waals surface area contributed by atoms with Crippen LogP contribution in [0.15, 0.2) is 53.0 Å². The highest BCUT2D eigenvalue weighted by Crippen LogP contribution is 2.33. The Kier molecular flexibility index (Phi) is 5.88. The molecule has 0 nitrogen and oxygen atoms in total. The van der Waals surface area contributed by atoms with Gasteiger partial charge in [-0.2, -0.15) is 0 Å². The summed E-state index contributed by atoms with van der Waals surface area (Å²) in [7, 11) is 0. The lowest BCUT2D eigenvalue weighted by Gasteiger charge is -2.31. The van der Waals surface area contributed by atoms with E-state index in [1.807, 2.05) is 0 Å². The van der Waals surface area contributed by atoms with Gasteiger partial charge < -0.3 is 0 Å². The van der Waals surface area contributed by atoms with E-state index in [-0.39, 0.29) is 5.41 Å². The minimum absolute atomic E-state index is 0.0832. The number of hydrogen-bond acceptors (Lipinski definition) is 0. The molecule has 0 unspecified atom stereocenters. The molecule has 0 aromatic heterocycles. The third kappa shape index (κ3) is 3.75. The standard InChI is InChI=1S/C17H17Br3/c1-13-3-2-4-15(9-13)17(11-18,12-19)10-14-5-7-16(20)8-6-14/h2-9H,10-12H2,1H3. The summed E-state index contributed by atoms with van der Waals surface area (Å²) in [4.78, 5) is 0. The van der Waals surface area contributed by atoms with Crippen molar-refractivity contribution in [3.63, 3.8) is 0 Å². The Morgan fingerprint density at radius 1 is 0.950 bits per heavy atom. The Bertz CT molecular complexity index is 557. The van der Waals surface area contributed by atoms with Crippen LogP contribution >= 0.6 is 47.8 Å². The third-order valence-corrected chi connectivity index (χ3v) is 6.27. The van der Waals surface area contributed by atoms with Crippen molar-refractivity contribution in [3.05, 3.63) is 69.7 Å². The lowest BCUT2D eigenvalue weighted by atomic mass is 9.78. The van der Waals surface area contributed by atoms with Gasteiger partial charge in [-0.15, -0.1) is 0 Å². The zero-order valence-electron chi connectivity index (χ0n) is 11.4. The molecule has 0 amide bonds. The predicted molar refractivity (Wildman–Crippen MR) is 98.3 cm³/mol. The first-order valence-electron chi connectivity index (χ1n) is 6.53. The zero-order valence-corrected chi connectivity index (χ0v) is 16.1.